The van der Waals surface area contributed by atoms with Crippen LogP contribution in [0.4, 0.5) is 0 Å². The number of rotatable bonds is 8. The Bertz CT molecular complexity index is 203. The van der Waals surface area contributed by atoms with Crippen molar-refractivity contribution in [1.82, 2.24) is 4.90 Å². The molecule has 4 heteroatoms. The van der Waals surface area contributed by atoms with Gasteiger partial charge >= 0.3 is 0 Å². The Morgan fingerprint density at radius 1 is 1.47 bits per heavy atom. The zero-order valence-electron chi connectivity index (χ0n) is 10.8. The normalized spacial score (nSPS) is 20.4. The molecule has 1 rings (SSSR count). The first-order valence-electron chi connectivity index (χ1n) is 6.69. The number of aliphatic hydroxyl groups is 1. The molecule has 0 spiro atoms. The first-order chi connectivity index (χ1) is 8.26. The molecule has 0 radical (unpaired) electrons. The average molecular weight is 243 g/mol. The molecule has 1 unspecified atom stereocenters. The number of hydrogen-bond donors (Lipinski definition) is 1. The van der Waals surface area contributed by atoms with Gasteiger partial charge < -0.3 is 19.5 Å². The number of likely N-dealkylation sites (tertiary alicyclic amines) is 1. The van der Waals surface area contributed by atoms with E-state index in [9.17, 15) is 9.90 Å². The van der Waals surface area contributed by atoms with E-state index < -0.39 is 6.10 Å². The molecule has 1 atom stereocenters. The summed E-state index contributed by atoms with van der Waals surface area (Å²) < 4.78 is 5.39. The third-order valence-corrected chi connectivity index (χ3v) is 3.25. The topological polar surface area (TPSA) is 49.8 Å². The Balaban J connectivity index is 2.06. The van der Waals surface area contributed by atoms with E-state index in [1.54, 1.807) is 0 Å². The number of carbonyl (C=O) groups is 1. The van der Waals surface area contributed by atoms with E-state index in [1.807, 2.05) is 0 Å². The molecule has 100 valence electrons. The monoisotopic (exact) mass is 243 g/mol. The number of aldehydes is 1. The molecule has 1 saturated heterocycles. The van der Waals surface area contributed by atoms with Crippen LogP contribution in [0.25, 0.3) is 0 Å². The van der Waals surface area contributed by atoms with E-state index in [4.69, 9.17) is 4.74 Å². The highest BCUT2D eigenvalue weighted by molar-refractivity contribution is 5.53. The first kappa shape index (κ1) is 14.6. The van der Waals surface area contributed by atoms with Crippen LogP contribution in [0.15, 0.2) is 0 Å². The smallest absolute Gasteiger partial charge is 0.123 e. The summed E-state index contributed by atoms with van der Waals surface area (Å²) in [5.74, 6) is 0.226. The summed E-state index contributed by atoms with van der Waals surface area (Å²) in [7, 11) is 0. The van der Waals surface area contributed by atoms with E-state index in [-0.39, 0.29) is 5.92 Å². The molecule has 0 bridgehead atoms. The molecule has 1 heterocycles. The molecule has 0 aromatic heterocycles. The lowest BCUT2D eigenvalue weighted by Gasteiger charge is -2.30. The second kappa shape index (κ2) is 8.61. The van der Waals surface area contributed by atoms with Gasteiger partial charge in [-0.1, -0.05) is 13.3 Å². The molecule has 0 aromatic rings. The van der Waals surface area contributed by atoms with Crippen molar-refractivity contribution < 1.29 is 14.6 Å². The van der Waals surface area contributed by atoms with Crippen molar-refractivity contribution in [3.63, 3.8) is 0 Å². The van der Waals surface area contributed by atoms with Gasteiger partial charge in [0.1, 0.15) is 6.29 Å². The molecule has 0 amide bonds. The van der Waals surface area contributed by atoms with E-state index >= 15 is 0 Å². The van der Waals surface area contributed by atoms with Crippen molar-refractivity contribution in [1.29, 1.82) is 0 Å². The number of aliphatic hydroxyl groups excluding tert-OH is 1. The standard InChI is InChI=1S/C13H25NO3/c1-2-3-8-17-11-13(16)9-14-6-4-12(10-15)5-7-14/h10,12-13,16H,2-9,11H2,1H3. The number of carbonyl (C=O) groups excluding carboxylic acids is 1. The zero-order chi connectivity index (χ0) is 12.5. The summed E-state index contributed by atoms with van der Waals surface area (Å²) in [6.07, 6.45) is 4.67. The molecule has 1 aliphatic rings. The summed E-state index contributed by atoms with van der Waals surface area (Å²) in [6.45, 7) is 5.77. The Labute approximate surface area is 104 Å². The SMILES string of the molecule is CCCCOCC(O)CN1CCC(C=O)CC1. The molecule has 1 fully saturated rings. The second-order valence-electron chi connectivity index (χ2n) is 4.86. The minimum atomic E-state index is -0.403. The van der Waals surface area contributed by atoms with Gasteiger partial charge in [0.25, 0.3) is 0 Å². The number of ether oxygens (including phenoxy) is 1. The highest BCUT2D eigenvalue weighted by Gasteiger charge is 2.20. The van der Waals surface area contributed by atoms with E-state index in [0.29, 0.717) is 13.2 Å². The summed E-state index contributed by atoms with van der Waals surface area (Å²) >= 11 is 0. The number of piperidine rings is 1. The van der Waals surface area contributed by atoms with Gasteiger partial charge in [-0.25, -0.2) is 0 Å². The van der Waals surface area contributed by atoms with Gasteiger partial charge in [-0.3, -0.25) is 0 Å². The number of nitrogens with zero attached hydrogens (tertiary/aromatic N) is 1. The van der Waals surface area contributed by atoms with Crippen LogP contribution >= 0.6 is 0 Å². The first-order valence-corrected chi connectivity index (χ1v) is 6.69. The minimum Gasteiger partial charge on any atom is -0.389 e. The fourth-order valence-electron chi connectivity index (χ4n) is 2.09. The molecule has 0 aromatic carbocycles. The van der Waals surface area contributed by atoms with Crippen LogP contribution in [-0.2, 0) is 9.53 Å². The molecular formula is C13H25NO3. The van der Waals surface area contributed by atoms with Crippen molar-refractivity contribution in [3.05, 3.63) is 0 Å². The lowest BCUT2D eigenvalue weighted by atomic mass is 9.98. The fraction of sp³-hybridized carbons (Fsp3) is 0.923. The molecule has 0 saturated carbocycles. The summed E-state index contributed by atoms with van der Waals surface area (Å²) in [5.41, 5.74) is 0. The van der Waals surface area contributed by atoms with Gasteiger partial charge in [0, 0.05) is 19.1 Å². The van der Waals surface area contributed by atoms with Gasteiger partial charge in [-0.15, -0.1) is 0 Å². The van der Waals surface area contributed by atoms with Crippen LogP contribution in [-0.4, -0.2) is 55.2 Å². The van der Waals surface area contributed by atoms with Crippen molar-refractivity contribution in [3.8, 4) is 0 Å². The van der Waals surface area contributed by atoms with Crippen molar-refractivity contribution >= 4 is 6.29 Å². The molecule has 0 aliphatic carbocycles. The lowest BCUT2D eigenvalue weighted by molar-refractivity contribution is -0.112. The summed E-state index contributed by atoms with van der Waals surface area (Å²) in [4.78, 5) is 12.8. The Morgan fingerprint density at radius 2 is 2.18 bits per heavy atom. The van der Waals surface area contributed by atoms with Crippen molar-refractivity contribution in [2.45, 2.75) is 38.7 Å². The summed E-state index contributed by atoms with van der Waals surface area (Å²) in [6, 6.07) is 0. The number of hydrogen-bond acceptors (Lipinski definition) is 4. The highest BCUT2D eigenvalue weighted by Crippen LogP contribution is 2.14. The van der Waals surface area contributed by atoms with Crippen LogP contribution in [0.3, 0.4) is 0 Å². The number of unbranched alkanes of at least 4 members (excludes halogenated alkanes) is 1. The predicted octanol–water partition coefficient (Wildman–Crippen LogP) is 1.07. The summed E-state index contributed by atoms with van der Waals surface area (Å²) in [5, 5.41) is 9.79. The van der Waals surface area contributed by atoms with Gasteiger partial charge in [0.05, 0.1) is 12.7 Å². The van der Waals surface area contributed by atoms with Crippen LogP contribution in [0.5, 0.6) is 0 Å². The van der Waals surface area contributed by atoms with Gasteiger partial charge in [-0.05, 0) is 32.4 Å². The highest BCUT2D eigenvalue weighted by atomic mass is 16.5. The maximum absolute atomic E-state index is 10.6. The maximum Gasteiger partial charge on any atom is 0.123 e. The van der Waals surface area contributed by atoms with Crippen molar-refractivity contribution in [2.24, 2.45) is 5.92 Å². The molecule has 1 N–H and O–H groups in total. The maximum atomic E-state index is 10.6. The van der Waals surface area contributed by atoms with Crippen LogP contribution < -0.4 is 0 Å². The van der Waals surface area contributed by atoms with Crippen LogP contribution in [0.1, 0.15) is 32.6 Å². The van der Waals surface area contributed by atoms with Crippen LogP contribution in [0, 0.1) is 5.92 Å². The molecule has 4 nitrogen and oxygen atoms in total. The van der Waals surface area contributed by atoms with Crippen molar-refractivity contribution in [2.75, 3.05) is 32.8 Å². The quantitative estimate of drug-likeness (QED) is 0.512. The van der Waals surface area contributed by atoms with E-state index in [0.717, 1.165) is 51.7 Å². The van der Waals surface area contributed by atoms with E-state index in [2.05, 4.69) is 11.8 Å². The Hall–Kier alpha value is -0.450. The third kappa shape index (κ3) is 6.15. The third-order valence-electron chi connectivity index (χ3n) is 3.25. The number of β-amino-alcohol motifs (C(OH)–C–C–N with tert-alkyl or cyclic N) is 1. The van der Waals surface area contributed by atoms with Gasteiger partial charge in [0.15, 0.2) is 0 Å². The Kier molecular flexibility index (Phi) is 7.40. The van der Waals surface area contributed by atoms with Gasteiger partial charge in [0.2, 0.25) is 0 Å². The fourth-order valence-corrected chi connectivity index (χ4v) is 2.09. The zero-order valence-corrected chi connectivity index (χ0v) is 10.8. The van der Waals surface area contributed by atoms with Gasteiger partial charge in [-0.2, -0.15) is 0 Å². The average Bonchev–Trinajstić information content (AvgIpc) is 2.36. The van der Waals surface area contributed by atoms with E-state index in [1.165, 1.54) is 0 Å². The Morgan fingerprint density at radius 3 is 2.76 bits per heavy atom. The molecule has 1 aliphatic heterocycles. The molecular weight excluding hydrogens is 218 g/mol. The predicted molar refractivity (Wildman–Crippen MR) is 67.0 cm³/mol. The second-order valence-corrected chi connectivity index (χ2v) is 4.86. The minimum absolute atomic E-state index is 0.226. The largest absolute Gasteiger partial charge is 0.389 e. The lowest BCUT2D eigenvalue weighted by Crippen LogP contribution is -2.40. The molecule has 17 heavy (non-hydrogen) atoms. The van der Waals surface area contributed by atoms with Crippen LogP contribution in [0.2, 0.25) is 0 Å².